The second-order valence-electron chi connectivity index (χ2n) is 7.12. The summed E-state index contributed by atoms with van der Waals surface area (Å²) in [6, 6.07) is -0.304. The van der Waals surface area contributed by atoms with Crippen LogP contribution in [0.2, 0.25) is 0 Å². The second-order valence-corrected chi connectivity index (χ2v) is 7.12. The molecule has 0 saturated carbocycles. The van der Waals surface area contributed by atoms with Crippen LogP contribution < -0.4 is 0 Å². The number of amides is 3. The van der Waals surface area contributed by atoms with Crippen LogP contribution in [-0.4, -0.2) is 84.4 Å². The van der Waals surface area contributed by atoms with Gasteiger partial charge in [0.1, 0.15) is 6.04 Å². The van der Waals surface area contributed by atoms with Gasteiger partial charge in [0.05, 0.1) is 13.2 Å². The number of carbonyl (C=O) groups excluding carboxylic acids is 3. The fraction of sp³-hybridized carbons (Fsp3) is 0.833. The van der Waals surface area contributed by atoms with Crippen LogP contribution >= 0.6 is 0 Å². The van der Waals surface area contributed by atoms with Crippen molar-refractivity contribution in [2.75, 3.05) is 45.9 Å². The van der Waals surface area contributed by atoms with Gasteiger partial charge in [-0.3, -0.25) is 14.4 Å². The highest BCUT2D eigenvalue weighted by Gasteiger charge is 2.36. The molecule has 0 aromatic carbocycles. The lowest BCUT2D eigenvalue weighted by atomic mass is 10.1. The van der Waals surface area contributed by atoms with Gasteiger partial charge >= 0.3 is 0 Å². The monoisotopic (exact) mass is 351 g/mol. The van der Waals surface area contributed by atoms with Crippen LogP contribution in [-0.2, 0) is 19.1 Å². The highest BCUT2D eigenvalue weighted by Crippen LogP contribution is 2.21. The van der Waals surface area contributed by atoms with Crippen LogP contribution in [0.4, 0.5) is 0 Å². The number of nitrogens with zero attached hydrogens (tertiary/aromatic N) is 3. The Morgan fingerprint density at radius 3 is 2.60 bits per heavy atom. The molecule has 3 saturated heterocycles. The van der Waals surface area contributed by atoms with Gasteiger partial charge in [-0.2, -0.15) is 0 Å². The first-order valence-electron chi connectivity index (χ1n) is 9.60. The van der Waals surface area contributed by atoms with Crippen molar-refractivity contribution in [1.29, 1.82) is 0 Å². The molecular weight excluding hydrogens is 322 g/mol. The van der Waals surface area contributed by atoms with E-state index < -0.39 is 0 Å². The Balaban J connectivity index is 1.47. The van der Waals surface area contributed by atoms with E-state index in [4.69, 9.17) is 4.74 Å². The molecule has 3 heterocycles. The van der Waals surface area contributed by atoms with E-state index in [-0.39, 0.29) is 23.8 Å². The summed E-state index contributed by atoms with van der Waals surface area (Å²) in [5, 5.41) is 0. The fourth-order valence-corrected chi connectivity index (χ4v) is 3.98. The highest BCUT2D eigenvalue weighted by atomic mass is 16.5. The Kier molecular flexibility index (Phi) is 6.29. The zero-order valence-corrected chi connectivity index (χ0v) is 15.0. The summed E-state index contributed by atoms with van der Waals surface area (Å²) in [4.78, 5) is 42.6. The summed E-state index contributed by atoms with van der Waals surface area (Å²) < 4.78 is 5.30. The molecule has 0 aromatic rings. The zero-order valence-electron chi connectivity index (χ0n) is 15.0. The van der Waals surface area contributed by atoms with Gasteiger partial charge in [0.2, 0.25) is 17.7 Å². The Morgan fingerprint density at radius 1 is 1.04 bits per heavy atom. The molecule has 0 N–H and O–H groups in total. The van der Waals surface area contributed by atoms with Gasteiger partial charge in [-0.25, -0.2) is 0 Å². The standard InChI is InChI=1S/C18H29N3O4/c22-16-6-1-2-8-19(16)9-4-7-17(23)21-10-3-5-15(21)18(24)20-11-13-25-14-12-20/h15H,1-14H2/t15-/m0/s1. The van der Waals surface area contributed by atoms with Gasteiger partial charge in [0.25, 0.3) is 0 Å². The van der Waals surface area contributed by atoms with E-state index >= 15 is 0 Å². The van der Waals surface area contributed by atoms with E-state index in [1.807, 2.05) is 9.80 Å². The van der Waals surface area contributed by atoms with E-state index in [0.29, 0.717) is 58.7 Å². The minimum atomic E-state index is -0.304. The molecule has 0 bridgehead atoms. The van der Waals surface area contributed by atoms with Gasteiger partial charge in [0, 0.05) is 45.6 Å². The molecule has 3 aliphatic heterocycles. The van der Waals surface area contributed by atoms with Crippen LogP contribution in [0.25, 0.3) is 0 Å². The molecule has 0 spiro atoms. The molecule has 3 rings (SSSR count). The molecule has 0 unspecified atom stereocenters. The third kappa shape index (κ3) is 4.51. The molecule has 0 aromatic heterocycles. The maximum absolute atomic E-state index is 12.7. The number of piperidine rings is 1. The van der Waals surface area contributed by atoms with Crippen LogP contribution in [0, 0.1) is 0 Å². The number of rotatable bonds is 5. The number of likely N-dealkylation sites (tertiary alicyclic amines) is 2. The molecule has 3 fully saturated rings. The lowest BCUT2D eigenvalue weighted by molar-refractivity contribution is -0.146. The summed E-state index contributed by atoms with van der Waals surface area (Å²) in [6.45, 7) is 4.53. The summed E-state index contributed by atoms with van der Waals surface area (Å²) in [5.41, 5.74) is 0. The topological polar surface area (TPSA) is 70.2 Å². The number of hydrogen-bond acceptors (Lipinski definition) is 4. The third-order valence-corrected chi connectivity index (χ3v) is 5.42. The maximum atomic E-state index is 12.7. The first-order valence-corrected chi connectivity index (χ1v) is 9.60. The molecule has 7 heteroatoms. The average molecular weight is 351 g/mol. The van der Waals surface area contributed by atoms with Gasteiger partial charge in [-0.15, -0.1) is 0 Å². The van der Waals surface area contributed by atoms with Gasteiger partial charge in [-0.1, -0.05) is 0 Å². The molecule has 3 aliphatic rings. The molecule has 0 aliphatic carbocycles. The minimum absolute atomic E-state index is 0.0496. The summed E-state index contributed by atoms with van der Waals surface area (Å²) in [6.07, 6.45) is 5.41. The molecule has 0 radical (unpaired) electrons. The maximum Gasteiger partial charge on any atom is 0.245 e. The largest absolute Gasteiger partial charge is 0.378 e. The van der Waals surface area contributed by atoms with Crippen molar-refractivity contribution in [2.24, 2.45) is 0 Å². The van der Waals surface area contributed by atoms with E-state index in [9.17, 15) is 14.4 Å². The molecular formula is C18H29N3O4. The van der Waals surface area contributed by atoms with Gasteiger partial charge in [-0.05, 0) is 32.1 Å². The Bertz CT molecular complexity index is 505. The van der Waals surface area contributed by atoms with Crippen LogP contribution in [0.5, 0.6) is 0 Å². The van der Waals surface area contributed by atoms with E-state index in [2.05, 4.69) is 0 Å². The number of ether oxygens (including phenoxy) is 1. The fourth-order valence-electron chi connectivity index (χ4n) is 3.98. The van der Waals surface area contributed by atoms with Crippen molar-refractivity contribution in [3.05, 3.63) is 0 Å². The predicted octanol–water partition coefficient (Wildman–Crippen LogP) is 0.629. The lowest BCUT2D eigenvalue weighted by Crippen LogP contribution is -2.51. The first kappa shape index (κ1) is 18.2. The molecule has 25 heavy (non-hydrogen) atoms. The number of hydrogen-bond donors (Lipinski definition) is 0. The van der Waals surface area contributed by atoms with Crippen molar-refractivity contribution in [1.82, 2.24) is 14.7 Å². The molecule has 3 amide bonds. The number of carbonyl (C=O) groups is 3. The van der Waals surface area contributed by atoms with Crippen LogP contribution in [0.3, 0.4) is 0 Å². The molecule has 7 nitrogen and oxygen atoms in total. The number of morpholine rings is 1. The van der Waals surface area contributed by atoms with Gasteiger partial charge in [0.15, 0.2) is 0 Å². The zero-order chi connectivity index (χ0) is 17.6. The Labute approximate surface area is 149 Å². The first-order chi connectivity index (χ1) is 12.2. The third-order valence-electron chi connectivity index (χ3n) is 5.42. The Hall–Kier alpha value is -1.63. The van der Waals surface area contributed by atoms with Crippen molar-refractivity contribution in [3.8, 4) is 0 Å². The second kappa shape index (κ2) is 8.65. The van der Waals surface area contributed by atoms with Crippen LogP contribution in [0.1, 0.15) is 44.9 Å². The van der Waals surface area contributed by atoms with E-state index in [1.54, 1.807) is 4.90 Å². The van der Waals surface area contributed by atoms with E-state index in [1.165, 1.54) is 0 Å². The SMILES string of the molecule is O=C1CCCCN1CCCC(=O)N1CCC[C@H]1C(=O)N1CCOCC1. The lowest BCUT2D eigenvalue weighted by Gasteiger charge is -2.32. The normalized spacial score (nSPS) is 24.7. The van der Waals surface area contributed by atoms with Crippen molar-refractivity contribution in [3.63, 3.8) is 0 Å². The summed E-state index contributed by atoms with van der Waals surface area (Å²) in [5.74, 6) is 0.328. The quantitative estimate of drug-likeness (QED) is 0.728. The summed E-state index contributed by atoms with van der Waals surface area (Å²) >= 11 is 0. The highest BCUT2D eigenvalue weighted by molar-refractivity contribution is 5.88. The smallest absolute Gasteiger partial charge is 0.245 e. The Morgan fingerprint density at radius 2 is 1.84 bits per heavy atom. The predicted molar refractivity (Wildman–Crippen MR) is 91.8 cm³/mol. The molecule has 140 valence electrons. The minimum Gasteiger partial charge on any atom is -0.378 e. The average Bonchev–Trinajstić information content (AvgIpc) is 3.13. The van der Waals surface area contributed by atoms with Crippen molar-refractivity contribution < 1.29 is 19.1 Å². The van der Waals surface area contributed by atoms with E-state index in [0.717, 1.165) is 32.2 Å². The van der Waals surface area contributed by atoms with Gasteiger partial charge < -0.3 is 19.4 Å². The summed E-state index contributed by atoms with van der Waals surface area (Å²) in [7, 11) is 0. The van der Waals surface area contributed by atoms with Crippen LogP contribution in [0.15, 0.2) is 0 Å². The van der Waals surface area contributed by atoms with Crippen molar-refractivity contribution in [2.45, 2.75) is 51.0 Å². The van der Waals surface area contributed by atoms with Crippen molar-refractivity contribution >= 4 is 17.7 Å². The molecule has 1 atom stereocenters.